The maximum Gasteiger partial charge on any atom is 0.296 e. The van der Waals surface area contributed by atoms with Crippen LogP contribution in [-0.4, -0.2) is 23.7 Å². The number of nitrogens with one attached hydrogen (secondary N) is 1. The van der Waals surface area contributed by atoms with Gasteiger partial charge < -0.3 is 10.1 Å². The maximum atomic E-state index is 12.8. The van der Waals surface area contributed by atoms with E-state index >= 15 is 0 Å². The van der Waals surface area contributed by atoms with E-state index in [-0.39, 0.29) is 29.5 Å². The summed E-state index contributed by atoms with van der Waals surface area (Å²) < 4.78 is 17.7. The molecule has 0 fully saturated rings. The SMILES string of the molecule is COc1ccc(NC(=O)CCSc2ccc(F)cc2)c([N+](=O)[O-])c1. The smallest absolute Gasteiger partial charge is 0.296 e. The Morgan fingerprint density at radius 2 is 2.00 bits per heavy atom. The fraction of sp³-hybridized carbons (Fsp3) is 0.188. The summed E-state index contributed by atoms with van der Waals surface area (Å²) >= 11 is 1.40. The van der Waals surface area contributed by atoms with Gasteiger partial charge in [-0.15, -0.1) is 11.8 Å². The first-order valence-electron chi connectivity index (χ1n) is 7.00. The number of nitrogens with zero attached hydrogens (tertiary/aromatic N) is 1. The van der Waals surface area contributed by atoms with Crippen LogP contribution in [0.25, 0.3) is 0 Å². The van der Waals surface area contributed by atoms with Crippen molar-refractivity contribution < 1.29 is 18.8 Å². The van der Waals surface area contributed by atoms with E-state index < -0.39 is 4.92 Å². The first-order valence-corrected chi connectivity index (χ1v) is 7.99. The largest absolute Gasteiger partial charge is 0.496 e. The molecular formula is C16H15FN2O4S. The summed E-state index contributed by atoms with van der Waals surface area (Å²) in [5.41, 5.74) is -0.105. The quantitative estimate of drug-likeness (QED) is 0.466. The average molecular weight is 350 g/mol. The highest BCUT2D eigenvalue weighted by atomic mass is 32.2. The van der Waals surface area contributed by atoms with Crippen LogP contribution < -0.4 is 10.1 Å². The van der Waals surface area contributed by atoms with Crippen LogP contribution in [0, 0.1) is 15.9 Å². The molecule has 0 aromatic heterocycles. The van der Waals surface area contributed by atoms with Crippen LogP contribution in [0.1, 0.15) is 6.42 Å². The van der Waals surface area contributed by atoms with Gasteiger partial charge in [0.2, 0.25) is 5.91 Å². The molecule has 0 bridgehead atoms. The van der Waals surface area contributed by atoms with Gasteiger partial charge in [-0.3, -0.25) is 14.9 Å². The molecule has 0 atom stereocenters. The van der Waals surface area contributed by atoms with Crippen molar-refractivity contribution in [2.45, 2.75) is 11.3 Å². The molecule has 0 aliphatic rings. The topological polar surface area (TPSA) is 81.5 Å². The molecule has 1 amide bonds. The fourth-order valence-corrected chi connectivity index (χ4v) is 2.75. The van der Waals surface area contributed by atoms with Gasteiger partial charge in [0, 0.05) is 17.1 Å². The van der Waals surface area contributed by atoms with Gasteiger partial charge in [0.15, 0.2) is 0 Å². The Balaban J connectivity index is 1.92. The van der Waals surface area contributed by atoms with Crippen LogP contribution >= 0.6 is 11.8 Å². The molecule has 2 aromatic rings. The third-order valence-electron chi connectivity index (χ3n) is 3.09. The van der Waals surface area contributed by atoms with Crippen molar-refractivity contribution in [1.82, 2.24) is 0 Å². The van der Waals surface area contributed by atoms with E-state index in [1.165, 1.54) is 49.2 Å². The van der Waals surface area contributed by atoms with Crippen molar-refractivity contribution in [3.05, 3.63) is 58.4 Å². The minimum atomic E-state index is -0.578. The van der Waals surface area contributed by atoms with Crippen LogP contribution in [-0.2, 0) is 4.79 Å². The number of thioether (sulfide) groups is 1. The van der Waals surface area contributed by atoms with E-state index in [9.17, 15) is 19.3 Å². The normalized spacial score (nSPS) is 10.2. The van der Waals surface area contributed by atoms with Gasteiger partial charge in [-0.1, -0.05) is 0 Å². The molecule has 0 saturated carbocycles. The lowest BCUT2D eigenvalue weighted by molar-refractivity contribution is -0.384. The number of methoxy groups -OCH3 is 1. The summed E-state index contributed by atoms with van der Waals surface area (Å²) in [5.74, 6) is 0.162. The number of hydrogen-bond donors (Lipinski definition) is 1. The van der Waals surface area contributed by atoms with E-state index in [4.69, 9.17) is 4.74 Å². The molecule has 2 rings (SSSR count). The Bertz CT molecular complexity index is 737. The van der Waals surface area contributed by atoms with Crippen molar-refractivity contribution in [3.63, 3.8) is 0 Å². The summed E-state index contributed by atoms with van der Waals surface area (Å²) in [7, 11) is 1.41. The van der Waals surface area contributed by atoms with E-state index in [1.807, 2.05) is 0 Å². The van der Waals surface area contributed by atoms with E-state index in [1.54, 1.807) is 12.1 Å². The lowest BCUT2D eigenvalue weighted by Gasteiger charge is -2.07. The van der Waals surface area contributed by atoms with E-state index in [0.717, 1.165) is 4.90 Å². The van der Waals surface area contributed by atoms with Gasteiger partial charge >= 0.3 is 0 Å². The predicted molar refractivity (Wildman–Crippen MR) is 90.0 cm³/mol. The fourth-order valence-electron chi connectivity index (χ4n) is 1.90. The molecule has 0 radical (unpaired) electrons. The van der Waals surface area contributed by atoms with Gasteiger partial charge in [-0.05, 0) is 36.4 Å². The first-order chi connectivity index (χ1) is 11.5. The second-order valence-corrected chi connectivity index (χ2v) is 5.91. The van der Waals surface area contributed by atoms with Crippen LogP contribution in [0.2, 0.25) is 0 Å². The molecule has 6 nitrogen and oxygen atoms in total. The Morgan fingerprint density at radius 3 is 2.62 bits per heavy atom. The third kappa shape index (κ3) is 4.95. The summed E-state index contributed by atoms with van der Waals surface area (Å²) in [5, 5.41) is 13.6. The molecular weight excluding hydrogens is 335 g/mol. The van der Waals surface area contributed by atoms with Gasteiger partial charge in [0.05, 0.1) is 18.1 Å². The summed E-state index contributed by atoms with van der Waals surface area (Å²) in [6.45, 7) is 0. The summed E-state index contributed by atoms with van der Waals surface area (Å²) in [6.07, 6.45) is 0.172. The predicted octanol–water partition coefficient (Wildman–Crippen LogP) is 3.86. The van der Waals surface area contributed by atoms with Crippen molar-refractivity contribution in [3.8, 4) is 5.75 Å². The van der Waals surface area contributed by atoms with Crippen LogP contribution in [0.15, 0.2) is 47.4 Å². The average Bonchev–Trinajstić information content (AvgIpc) is 2.57. The van der Waals surface area contributed by atoms with Crippen molar-refractivity contribution in [2.24, 2.45) is 0 Å². The number of benzene rings is 2. The van der Waals surface area contributed by atoms with Gasteiger partial charge in [-0.2, -0.15) is 0 Å². The number of rotatable bonds is 7. The molecule has 2 aromatic carbocycles. The second-order valence-electron chi connectivity index (χ2n) is 4.74. The highest BCUT2D eigenvalue weighted by Crippen LogP contribution is 2.29. The molecule has 8 heteroatoms. The molecule has 24 heavy (non-hydrogen) atoms. The molecule has 0 unspecified atom stereocenters. The Hall–Kier alpha value is -2.61. The summed E-state index contributed by atoms with van der Waals surface area (Å²) in [6, 6.07) is 10.2. The number of hydrogen-bond acceptors (Lipinski definition) is 5. The van der Waals surface area contributed by atoms with Crippen molar-refractivity contribution in [2.75, 3.05) is 18.2 Å². The molecule has 0 saturated heterocycles. The van der Waals surface area contributed by atoms with Crippen molar-refractivity contribution in [1.29, 1.82) is 0 Å². The highest BCUT2D eigenvalue weighted by Gasteiger charge is 2.17. The number of carbonyl (C=O) groups excluding carboxylic acids is 1. The minimum absolute atomic E-state index is 0.123. The number of nitro benzene ring substituents is 1. The van der Waals surface area contributed by atoms with Gasteiger partial charge in [0.1, 0.15) is 17.3 Å². The molecule has 126 valence electrons. The molecule has 1 N–H and O–H groups in total. The van der Waals surface area contributed by atoms with Gasteiger partial charge in [0.25, 0.3) is 5.69 Å². The molecule has 0 spiro atoms. The molecule has 0 aliphatic heterocycles. The zero-order valence-corrected chi connectivity index (χ0v) is 13.6. The monoisotopic (exact) mass is 350 g/mol. The standard InChI is InChI=1S/C16H15FN2O4S/c1-23-12-4-7-14(15(10-12)19(21)22)18-16(20)8-9-24-13-5-2-11(17)3-6-13/h2-7,10H,8-9H2,1H3,(H,18,20). The van der Waals surface area contributed by atoms with Crippen LogP contribution in [0.5, 0.6) is 5.75 Å². The number of carbonyl (C=O) groups is 1. The molecule has 0 heterocycles. The van der Waals surface area contributed by atoms with Gasteiger partial charge in [-0.25, -0.2) is 4.39 Å². The minimum Gasteiger partial charge on any atom is -0.496 e. The second kappa shape index (κ2) is 8.30. The third-order valence-corrected chi connectivity index (χ3v) is 4.10. The zero-order valence-electron chi connectivity index (χ0n) is 12.8. The van der Waals surface area contributed by atoms with E-state index in [2.05, 4.69) is 5.32 Å². The molecule has 0 aliphatic carbocycles. The Labute approximate surface area is 142 Å². The zero-order chi connectivity index (χ0) is 17.5. The lowest BCUT2D eigenvalue weighted by atomic mass is 10.2. The highest BCUT2D eigenvalue weighted by molar-refractivity contribution is 7.99. The number of halogens is 1. The lowest BCUT2D eigenvalue weighted by Crippen LogP contribution is -2.13. The number of amides is 1. The summed E-state index contributed by atoms with van der Waals surface area (Å²) in [4.78, 5) is 23.3. The van der Waals surface area contributed by atoms with Crippen LogP contribution in [0.4, 0.5) is 15.8 Å². The number of nitro groups is 1. The van der Waals surface area contributed by atoms with E-state index in [0.29, 0.717) is 11.5 Å². The van der Waals surface area contributed by atoms with Crippen molar-refractivity contribution >= 4 is 29.0 Å². The Morgan fingerprint density at radius 1 is 1.29 bits per heavy atom. The van der Waals surface area contributed by atoms with Crippen LogP contribution in [0.3, 0.4) is 0 Å². The first kappa shape index (κ1) is 17.7. The maximum absolute atomic E-state index is 12.8. The Kier molecular flexibility index (Phi) is 6.14. The number of anilines is 1. The number of ether oxygens (including phenoxy) is 1.